The molecule has 1 heterocycles. The number of aldehydes is 1. The Morgan fingerprint density at radius 2 is 2.15 bits per heavy atom. The largest absolute Gasteiger partial charge is 0.298 e. The second-order valence-electron chi connectivity index (χ2n) is 2.65. The van der Waals surface area contributed by atoms with Gasteiger partial charge >= 0.3 is 0 Å². The van der Waals surface area contributed by atoms with Crippen molar-refractivity contribution in [3.8, 4) is 0 Å². The molecule has 2 aromatic rings. The van der Waals surface area contributed by atoms with Gasteiger partial charge in [-0.2, -0.15) is 0 Å². The molecule has 13 heavy (non-hydrogen) atoms. The number of aromatic nitrogens is 1. The minimum Gasteiger partial charge on any atom is -0.298 e. The monoisotopic (exact) mass is 235 g/mol. The highest BCUT2D eigenvalue weighted by atomic mass is 79.9. The number of halogens is 1. The van der Waals surface area contributed by atoms with E-state index in [4.69, 9.17) is 0 Å². The maximum absolute atomic E-state index is 10.8. The van der Waals surface area contributed by atoms with Gasteiger partial charge in [-0.15, -0.1) is 0 Å². The lowest BCUT2D eigenvalue weighted by molar-refractivity contribution is 0.112. The highest BCUT2D eigenvalue weighted by Gasteiger charge is 2.04. The van der Waals surface area contributed by atoms with Gasteiger partial charge in [-0.1, -0.05) is 12.1 Å². The predicted octanol–water partition coefficient (Wildman–Crippen LogP) is 2.81. The SMILES string of the molecule is O=Cc1c(Br)ccc2cccnc12. The number of carbonyl (C=O) groups excluding carboxylic acids is 1. The Morgan fingerprint density at radius 3 is 2.92 bits per heavy atom. The van der Waals surface area contributed by atoms with E-state index in [2.05, 4.69) is 20.9 Å². The normalized spacial score (nSPS) is 10.2. The van der Waals surface area contributed by atoms with Crippen LogP contribution in [0.15, 0.2) is 34.9 Å². The summed E-state index contributed by atoms with van der Waals surface area (Å²) in [5, 5.41) is 0.979. The second kappa shape index (κ2) is 3.26. The number of rotatable bonds is 1. The van der Waals surface area contributed by atoms with Crippen molar-refractivity contribution in [3.05, 3.63) is 40.5 Å². The topological polar surface area (TPSA) is 30.0 Å². The maximum atomic E-state index is 10.8. The Bertz CT molecular complexity index is 467. The van der Waals surface area contributed by atoms with Crippen LogP contribution in [0.25, 0.3) is 10.9 Å². The van der Waals surface area contributed by atoms with Crippen LogP contribution in [0.3, 0.4) is 0 Å². The van der Waals surface area contributed by atoms with Gasteiger partial charge in [0.05, 0.1) is 11.1 Å². The van der Waals surface area contributed by atoms with Crippen molar-refractivity contribution in [3.63, 3.8) is 0 Å². The van der Waals surface area contributed by atoms with E-state index in [0.29, 0.717) is 5.56 Å². The predicted molar refractivity (Wildman–Crippen MR) is 54.8 cm³/mol. The smallest absolute Gasteiger partial charge is 0.153 e. The van der Waals surface area contributed by atoms with E-state index in [1.165, 1.54) is 0 Å². The number of carbonyl (C=O) groups is 1. The standard InChI is InChI=1S/C10H6BrNO/c11-9-4-3-7-2-1-5-12-10(7)8(9)6-13/h1-6H. The third-order valence-electron chi connectivity index (χ3n) is 1.88. The number of hydrogen-bond donors (Lipinski definition) is 0. The van der Waals surface area contributed by atoms with Crippen LogP contribution in [0.5, 0.6) is 0 Å². The van der Waals surface area contributed by atoms with Crippen molar-refractivity contribution in [2.24, 2.45) is 0 Å². The second-order valence-corrected chi connectivity index (χ2v) is 3.51. The Hall–Kier alpha value is -1.22. The minimum absolute atomic E-state index is 0.609. The molecule has 0 saturated heterocycles. The number of pyridine rings is 1. The molecule has 64 valence electrons. The minimum atomic E-state index is 0.609. The summed E-state index contributed by atoms with van der Waals surface area (Å²) in [5.74, 6) is 0. The maximum Gasteiger partial charge on any atom is 0.153 e. The number of hydrogen-bond acceptors (Lipinski definition) is 2. The summed E-state index contributed by atoms with van der Waals surface area (Å²) in [4.78, 5) is 14.9. The van der Waals surface area contributed by atoms with E-state index in [1.54, 1.807) is 6.20 Å². The fourth-order valence-corrected chi connectivity index (χ4v) is 1.67. The van der Waals surface area contributed by atoms with Gasteiger partial charge in [-0.25, -0.2) is 0 Å². The van der Waals surface area contributed by atoms with Crippen molar-refractivity contribution in [1.29, 1.82) is 0 Å². The molecule has 0 saturated carbocycles. The van der Waals surface area contributed by atoms with Crippen LogP contribution in [-0.2, 0) is 0 Å². The number of fused-ring (bicyclic) bond motifs is 1. The molecule has 0 aliphatic heterocycles. The first-order valence-electron chi connectivity index (χ1n) is 3.81. The third kappa shape index (κ3) is 1.35. The molecular formula is C10H6BrNO. The van der Waals surface area contributed by atoms with Crippen molar-refractivity contribution < 1.29 is 4.79 Å². The molecule has 1 aromatic heterocycles. The fourth-order valence-electron chi connectivity index (χ4n) is 1.26. The molecule has 0 fully saturated rings. The van der Waals surface area contributed by atoms with Gasteiger partial charge in [-0.3, -0.25) is 9.78 Å². The first kappa shape index (κ1) is 8.38. The summed E-state index contributed by atoms with van der Waals surface area (Å²) >= 11 is 3.31. The van der Waals surface area contributed by atoms with Crippen molar-refractivity contribution in [2.45, 2.75) is 0 Å². The first-order chi connectivity index (χ1) is 6.33. The third-order valence-corrected chi connectivity index (χ3v) is 2.57. The summed E-state index contributed by atoms with van der Waals surface area (Å²) in [6, 6.07) is 7.57. The van der Waals surface area contributed by atoms with E-state index in [9.17, 15) is 4.79 Å². The van der Waals surface area contributed by atoms with E-state index in [0.717, 1.165) is 21.7 Å². The van der Waals surface area contributed by atoms with Gasteiger partial charge in [0.2, 0.25) is 0 Å². The lowest BCUT2D eigenvalue weighted by atomic mass is 10.1. The summed E-state index contributed by atoms with van der Waals surface area (Å²) in [7, 11) is 0. The van der Waals surface area contributed by atoms with Gasteiger partial charge in [0.25, 0.3) is 0 Å². The van der Waals surface area contributed by atoms with Crippen LogP contribution in [-0.4, -0.2) is 11.3 Å². The van der Waals surface area contributed by atoms with E-state index in [1.807, 2.05) is 24.3 Å². The van der Waals surface area contributed by atoms with Crippen molar-refractivity contribution >= 4 is 33.1 Å². The van der Waals surface area contributed by atoms with Crippen LogP contribution in [0.4, 0.5) is 0 Å². The van der Waals surface area contributed by atoms with Crippen LogP contribution in [0, 0.1) is 0 Å². The number of nitrogens with zero attached hydrogens (tertiary/aromatic N) is 1. The van der Waals surface area contributed by atoms with Gasteiger partial charge in [-0.05, 0) is 28.1 Å². The Balaban J connectivity index is 2.91. The molecule has 0 bridgehead atoms. The van der Waals surface area contributed by atoms with Crippen LogP contribution in [0.2, 0.25) is 0 Å². The van der Waals surface area contributed by atoms with E-state index < -0.39 is 0 Å². The summed E-state index contributed by atoms with van der Waals surface area (Å²) < 4.78 is 0.786. The molecule has 0 radical (unpaired) electrons. The summed E-state index contributed by atoms with van der Waals surface area (Å²) in [6.45, 7) is 0. The van der Waals surface area contributed by atoms with Crippen molar-refractivity contribution in [1.82, 2.24) is 4.98 Å². The Kier molecular flexibility index (Phi) is 2.10. The molecule has 3 heteroatoms. The van der Waals surface area contributed by atoms with Crippen LogP contribution >= 0.6 is 15.9 Å². The molecule has 0 aliphatic carbocycles. The Morgan fingerprint density at radius 1 is 1.31 bits per heavy atom. The summed E-state index contributed by atoms with van der Waals surface area (Å²) in [6.07, 6.45) is 2.50. The highest BCUT2D eigenvalue weighted by Crippen LogP contribution is 2.22. The molecular weight excluding hydrogens is 230 g/mol. The first-order valence-corrected chi connectivity index (χ1v) is 4.60. The zero-order valence-corrected chi connectivity index (χ0v) is 8.28. The lowest BCUT2D eigenvalue weighted by Gasteiger charge is -2.00. The molecule has 0 unspecified atom stereocenters. The molecule has 2 rings (SSSR count). The Labute approximate surface area is 83.7 Å². The molecule has 1 aromatic carbocycles. The van der Waals surface area contributed by atoms with Crippen LogP contribution in [0.1, 0.15) is 10.4 Å². The summed E-state index contributed by atoms with van der Waals surface area (Å²) in [5.41, 5.74) is 1.35. The van der Waals surface area contributed by atoms with Crippen molar-refractivity contribution in [2.75, 3.05) is 0 Å². The fraction of sp³-hybridized carbons (Fsp3) is 0. The van der Waals surface area contributed by atoms with E-state index >= 15 is 0 Å². The highest BCUT2D eigenvalue weighted by molar-refractivity contribution is 9.10. The molecule has 0 spiro atoms. The zero-order valence-electron chi connectivity index (χ0n) is 6.70. The molecule has 0 amide bonds. The van der Waals surface area contributed by atoms with Gasteiger partial charge in [0.15, 0.2) is 6.29 Å². The van der Waals surface area contributed by atoms with Gasteiger partial charge in [0, 0.05) is 16.1 Å². The molecule has 0 N–H and O–H groups in total. The lowest BCUT2D eigenvalue weighted by Crippen LogP contribution is -1.87. The van der Waals surface area contributed by atoms with Gasteiger partial charge in [0.1, 0.15) is 0 Å². The quantitative estimate of drug-likeness (QED) is 0.712. The molecule has 0 atom stereocenters. The van der Waals surface area contributed by atoms with Gasteiger partial charge < -0.3 is 0 Å². The van der Waals surface area contributed by atoms with E-state index in [-0.39, 0.29) is 0 Å². The van der Waals surface area contributed by atoms with Crippen LogP contribution < -0.4 is 0 Å². The molecule has 2 nitrogen and oxygen atoms in total. The average molecular weight is 236 g/mol. The number of benzene rings is 1. The molecule has 0 aliphatic rings. The average Bonchev–Trinajstić information content (AvgIpc) is 2.18. The zero-order chi connectivity index (χ0) is 9.26.